The van der Waals surface area contributed by atoms with Crippen LogP contribution in [-0.4, -0.2) is 0 Å². The zero-order valence-corrected chi connectivity index (χ0v) is 36.4. The van der Waals surface area contributed by atoms with Gasteiger partial charge in [-0.25, -0.2) is 0 Å². The second-order valence-electron chi connectivity index (χ2n) is 17.2. The summed E-state index contributed by atoms with van der Waals surface area (Å²) in [6, 6.07) is 88.9. The van der Waals surface area contributed by atoms with Crippen LogP contribution in [0.1, 0.15) is 0 Å². The van der Waals surface area contributed by atoms with Gasteiger partial charge in [0.25, 0.3) is 0 Å². The Morgan fingerprint density at radius 3 is 1.60 bits per heavy atom. The molecule has 0 amide bonds. The standard InChI is InChI=1S/C64H41NO2/c1-3-15-43(16-4-1)51-38-33-48(39-57(51)44-17-5-2-6-18-44)42-29-34-49(35-30-42)65(50-36-31-45(32-37-50)52-23-13-25-56-54-22-10-12-27-60(54)67-64(52)56)59-26-11-9-21-53(59)55-24-14-28-61-63(55)58-40-46-19-7-8-20-47(46)41-62(58)66-61/h1-41H. The summed E-state index contributed by atoms with van der Waals surface area (Å²) < 4.78 is 13.1. The minimum atomic E-state index is 0.866. The van der Waals surface area contributed by atoms with Crippen molar-refractivity contribution in [1.29, 1.82) is 0 Å². The number of para-hydroxylation sites is 3. The fourth-order valence-corrected chi connectivity index (χ4v) is 10.1. The van der Waals surface area contributed by atoms with Crippen LogP contribution in [-0.2, 0) is 0 Å². The molecule has 0 spiro atoms. The molecule has 0 N–H and O–H groups in total. The molecule has 11 aromatic carbocycles. The Hall–Kier alpha value is -8.92. The van der Waals surface area contributed by atoms with Crippen LogP contribution in [0, 0.1) is 0 Å². The van der Waals surface area contributed by atoms with E-state index < -0.39 is 0 Å². The largest absolute Gasteiger partial charge is 0.456 e. The van der Waals surface area contributed by atoms with E-state index >= 15 is 0 Å². The first-order valence-corrected chi connectivity index (χ1v) is 22.8. The number of anilines is 3. The van der Waals surface area contributed by atoms with Crippen molar-refractivity contribution in [2.24, 2.45) is 0 Å². The van der Waals surface area contributed by atoms with Crippen LogP contribution in [0.3, 0.4) is 0 Å². The van der Waals surface area contributed by atoms with Gasteiger partial charge in [-0.2, -0.15) is 0 Å². The molecule has 0 aliphatic carbocycles. The van der Waals surface area contributed by atoms with Crippen LogP contribution in [0.2, 0.25) is 0 Å². The Bertz CT molecular complexity index is 3960. The van der Waals surface area contributed by atoms with Gasteiger partial charge in [0.1, 0.15) is 22.3 Å². The van der Waals surface area contributed by atoms with Gasteiger partial charge in [0.2, 0.25) is 0 Å². The van der Waals surface area contributed by atoms with Gasteiger partial charge in [0, 0.05) is 44.0 Å². The molecule has 13 aromatic rings. The Morgan fingerprint density at radius 2 is 0.821 bits per heavy atom. The summed E-state index contributed by atoms with van der Waals surface area (Å²) in [7, 11) is 0. The molecule has 314 valence electrons. The molecule has 0 fully saturated rings. The van der Waals surface area contributed by atoms with Gasteiger partial charge >= 0.3 is 0 Å². The second kappa shape index (κ2) is 16.0. The fourth-order valence-electron chi connectivity index (χ4n) is 10.1. The lowest BCUT2D eigenvalue weighted by Crippen LogP contribution is -2.11. The van der Waals surface area contributed by atoms with E-state index in [1.54, 1.807) is 0 Å². The van der Waals surface area contributed by atoms with Gasteiger partial charge in [-0.15, -0.1) is 0 Å². The van der Waals surface area contributed by atoms with Crippen LogP contribution in [0.4, 0.5) is 17.1 Å². The highest BCUT2D eigenvalue weighted by Crippen LogP contribution is 2.46. The molecule has 0 aliphatic heterocycles. The van der Waals surface area contributed by atoms with Crippen molar-refractivity contribution in [2.75, 3.05) is 4.90 Å². The van der Waals surface area contributed by atoms with Crippen molar-refractivity contribution >= 4 is 71.7 Å². The van der Waals surface area contributed by atoms with Gasteiger partial charge < -0.3 is 13.7 Å². The van der Waals surface area contributed by atoms with Gasteiger partial charge in [-0.3, -0.25) is 0 Å². The third-order valence-corrected chi connectivity index (χ3v) is 13.3. The highest BCUT2D eigenvalue weighted by Gasteiger charge is 2.22. The summed E-state index contributed by atoms with van der Waals surface area (Å²) in [5.41, 5.74) is 18.2. The maximum atomic E-state index is 6.60. The third kappa shape index (κ3) is 6.67. The normalized spacial score (nSPS) is 11.6. The minimum Gasteiger partial charge on any atom is -0.456 e. The number of benzene rings is 11. The first-order valence-electron chi connectivity index (χ1n) is 22.8. The van der Waals surface area contributed by atoms with E-state index in [1.807, 2.05) is 12.1 Å². The molecule has 2 heterocycles. The van der Waals surface area contributed by atoms with Gasteiger partial charge in [-0.05, 0) is 116 Å². The molecule has 0 radical (unpaired) electrons. The molecule has 0 saturated heterocycles. The zero-order valence-electron chi connectivity index (χ0n) is 36.4. The first kappa shape index (κ1) is 38.5. The number of furan rings is 2. The summed E-state index contributed by atoms with van der Waals surface area (Å²) in [4.78, 5) is 2.38. The molecule has 3 nitrogen and oxygen atoms in total. The number of hydrogen-bond donors (Lipinski definition) is 0. The van der Waals surface area contributed by atoms with E-state index in [0.29, 0.717) is 0 Å². The smallest absolute Gasteiger partial charge is 0.143 e. The Balaban J connectivity index is 0.961. The fraction of sp³-hybridized carbons (Fsp3) is 0. The first-order chi connectivity index (χ1) is 33.2. The summed E-state index contributed by atoms with van der Waals surface area (Å²) in [5.74, 6) is 0. The van der Waals surface area contributed by atoms with Crippen LogP contribution in [0.5, 0.6) is 0 Å². The molecule has 0 aliphatic rings. The van der Waals surface area contributed by atoms with E-state index in [1.165, 1.54) is 27.6 Å². The average Bonchev–Trinajstić information content (AvgIpc) is 3.97. The lowest BCUT2D eigenvalue weighted by Gasteiger charge is -2.28. The van der Waals surface area contributed by atoms with Crippen molar-refractivity contribution in [1.82, 2.24) is 0 Å². The molecule has 0 bridgehead atoms. The van der Waals surface area contributed by atoms with Crippen LogP contribution >= 0.6 is 0 Å². The van der Waals surface area contributed by atoms with E-state index in [2.05, 4.69) is 241 Å². The maximum absolute atomic E-state index is 6.60. The Morgan fingerprint density at radius 1 is 0.269 bits per heavy atom. The van der Waals surface area contributed by atoms with Gasteiger partial charge in [0.05, 0.1) is 5.69 Å². The van der Waals surface area contributed by atoms with Crippen molar-refractivity contribution in [2.45, 2.75) is 0 Å². The average molecular weight is 856 g/mol. The number of fused-ring (bicyclic) bond motifs is 7. The number of nitrogens with zero attached hydrogens (tertiary/aromatic N) is 1. The quantitative estimate of drug-likeness (QED) is 0.152. The van der Waals surface area contributed by atoms with Gasteiger partial charge in [0.15, 0.2) is 0 Å². The highest BCUT2D eigenvalue weighted by molar-refractivity contribution is 6.17. The predicted molar refractivity (Wildman–Crippen MR) is 280 cm³/mol. The molecule has 0 unspecified atom stereocenters. The lowest BCUT2D eigenvalue weighted by atomic mass is 9.91. The minimum absolute atomic E-state index is 0.866. The third-order valence-electron chi connectivity index (χ3n) is 13.3. The molecule has 13 rings (SSSR count). The van der Waals surface area contributed by atoms with Crippen LogP contribution < -0.4 is 4.90 Å². The van der Waals surface area contributed by atoms with Crippen molar-refractivity contribution < 1.29 is 8.83 Å². The summed E-state index contributed by atoms with van der Waals surface area (Å²) >= 11 is 0. The summed E-state index contributed by atoms with van der Waals surface area (Å²) in [6.45, 7) is 0. The second-order valence-corrected chi connectivity index (χ2v) is 17.2. The molecular formula is C64H41NO2. The van der Waals surface area contributed by atoms with Crippen LogP contribution in [0.15, 0.2) is 258 Å². The summed E-state index contributed by atoms with van der Waals surface area (Å²) in [6.07, 6.45) is 0. The lowest BCUT2D eigenvalue weighted by molar-refractivity contribution is 0.669. The van der Waals surface area contributed by atoms with E-state index in [-0.39, 0.29) is 0 Å². The molecule has 3 heteroatoms. The van der Waals surface area contributed by atoms with E-state index in [4.69, 9.17) is 8.83 Å². The zero-order chi connectivity index (χ0) is 44.3. The number of hydrogen-bond acceptors (Lipinski definition) is 3. The summed E-state index contributed by atoms with van der Waals surface area (Å²) in [5, 5.41) is 6.80. The molecule has 0 atom stereocenters. The monoisotopic (exact) mass is 855 g/mol. The Labute approximate surface area is 388 Å². The molecule has 0 saturated carbocycles. The van der Waals surface area contributed by atoms with Crippen molar-refractivity contribution in [3.8, 4) is 55.6 Å². The molecular weight excluding hydrogens is 815 g/mol. The predicted octanol–water partition coefficient (Wildman–Crippen LogP) is 18.4. The molecule has 67 heavy (non-hydrogen) atoms. The van der Waals surface area contributed by atoms with Crippen molar-refractivity contribution in [3.05, 3.63) is 249 Å². The SMILES string of the molecule is c1ccc(-c2ccc(-c3ccc(N(c4ccc(-c5cccc6c5oc5ccccc56)cc4)c4ccccc4-c4cccc5oc6cc7ccccc7cc6c45)cc3)cc2-c2ccccc2)cc1. The van der Waals surface area contributed by atoms with Crippen LogP contribution in [0.25, 0.3) is 110 Å². The van der Waals surface area contributed by atoms with Crippen molar-refractivity contribution in [3.63, 3.8) is 0 Å². The topological polar surface area (TPSA) is 29.5 Å². The highest BCUT2D eigenvalue weighted by atomic mass is 16.3. The van der Waals surface area contributed by atoms with Gasteiger partial charge in [-0.1, -0.05) is 188 Å². The molecule has 2 aromatic heterocycles. The Kier molecular flexibility index (Phi) is 9.17. The maximum Gasteiger partial charge on any atom is 0.143 e. The van der Waals surface area contributed by atoms with E-state index in [0.717, 1.165) is 99.7 Å². The van der Waals surface area contributed by atoms with E-state index in [9.17, 15) is 0 Å². The number of rotatable bonds is 8.